The number of para-hydroxylation sites is 2. The number of anilines is 1. The van der Waals surface area contributed by atoms with Gasteiger partial charge in [0.15, 0.2) is 0 Å². The van der Waals surface area contributed by atoms with Crippen molar-refractivity contribution < 1.29 is 4.79 Å². The first kappa shape index (κ1) is 11.3. The molecule has 2 aromatic rings. The predicted octanol–water partition coefficient (Wildman–Crippen LogP) is 2.19. The second kappa shape index (κ2) is 3.83. The van der Waals surface area contributed by atoms with Gasteiger partial charge in [0.2, 0.25) is 11.9 Å². The monoisotopic (exact) mass is 243 g/mol. The number of hydrogen-bond acceptors (Lipinski definition) is 2. The molecule has 1 fully saturated rings. The minimum atomic E-state index is 0.181. The lowest BCUT2D eigenvalue weighted by molar-refractivity contribution is -0.119. The van der Waals surface area contributed by atoms with Crippen molar-refractivity contribution in [1.29, 1.82) is 0 Å². The summed E-state index contributed by atoms with van der Waals surface area (Å²) in [5.74, 6) is 1.62. The molecule has 0 unspecified atom stereocenters. The number of aryl methyl sites for hydroxylation is 1. The van der Waals surface area contributed by atoms with E-state index in [4.69, 9.17) is 0 Å². The number of rotatable bonds is 2. The minimum absolute atomic E-state index is 0.181. The lowest BCUT2D eigenvalue weighted by Gasteiger charge is -2.16. The van der Waals surface area contributed by atoms with E-state index in [0.717, 1.165) is 23.4 Å². The Morgan fingerprint density at radius 2 is 2.11 bits per heavy atom. The molecule has 0 N–H and O–H groups in total. The molecule has 1 aliphatic carbocycles. The molecule has 0 radical (unpaired) electrons. The summed E-state index contributed by atoms with van der Waals surface area (Å²) >= 11 is 0. The smallest absolute Gasteiger partial charge is 0.232 e. The van der Waals surface area contributed by atoms with Crippen molar-refractivity contribution in [3.63, 3.8) is 0 Å². The lowest BCUT2D eigenvalue weighted by Crippen LogP contribution is -2.30. The van der Waals surface area contributed by atoms with Crippen molar-refractivity contribution >= 4 is 22.9 Å². The van der Waals surface area contributed by atoms with Crippen molar-refractivity contribution in [2.24, 2.45) is 18.9 Å². The Morgan fingerprint density at radius 1 is 1.44 bits per heavy atom. The molecule has 0 saturated heterocycles. The van der Waals surface area contributed by atoms with Crippen LogP contribution in [0.3, 0.4) is 0 Å². The Kier molecular flexibility index (Phi) is 2.40. The highest BCUT2D eigenvalue weighted by atomic mass is 16.2. The molecule has 1 heterocycles. The molecule has 94 valence electrons. The Morgan fingerprint density at radius 3 is 2.72 bits per heavy atom. The molecule has 1 aromatic heterocycles. The number of nitrogens with zero attached hydrogens (tertiary/aromatic N) is 3. The topological polar surface area (TPSA) is 38.1 Å². The van der Waals surface area contributed by atoms with Gasteiger partial charge in [0.25, 0.3) is 0 Å². The summed E-state index contributed by atoms with van der Waals surface area (Å²) in [6, 6.07) is 7.93. The molecule has 4 heteroatoms. The molecule has 1 saturated carbocycles. The Balaban J connectivity index is 1.98. The number of carbonyl (C=O) groups is 1. The van der Waals surface area contributed by atoms with Crippen LogP contribution in [0.4, 0.5) is 5.95 Å². The summed E-state index contributed by atoms with van der Waals surface area (Å²) in [7, 11) is 3.76. The van der Waals surface area contributed by atoms with Crippen molar-refractivity contribution in [3.8, 4) is 0 Å². The summed E-state index contributed by atoms with van der Waals surface area (Å²) in [6.07, 6.45) is 1.01. The first-order valence-electron chi connectivity index (χ1n) is 6.28. The summed E-state index contributed by atoms with van der Waals surface area (Å²) in [5.41, 5.74) is 1.98. The first-order chi connectivity index (χ1) is 8.59. The molecule has 0 spiro atoms. The third kappa shape index (κ3) is 1.60. The van der Waals surface area contributed by atoms with Crippen LogP contribution in [0.15, 0.2) is 24.3 Å². The van der Waals surface area contributed by atoms with Crippen LogP contribution < -0.4 is 4.90 Å². The summed E-state index contributed by atoms with van der Waals surface area (Å²) in [4.78, 5) is 18.4. The molecule has 18 heavy (non-hydrogen) atoms. The molecule has 3 rings (SSSR count). The van der Waals surface area contributed by atoms with Gasteiger partial charge in [-0.15, -0.1) is 0 Å². The van der Waals surface area contributed by atoms with E-state index in [9.17, 15) is 4.79 Å². The third-order valence-electron chi connectivity index (χ3n) is 3.82. The molecule has 2 atom stereocenters. The van der Waals surface area contributed by atoms with Crippen LogP contribution in [0.25, 0.3) is 11.0 Å². The number of benzene rings is 1. The van der Waals surface area contributed by atoms with Crippen LogP contribution in [0, 0.1) is 11.8 Å². The second-order valence-electron chi connectivity index (χ2n) is 5.18. The average Bonchev–Trinajstić information content (AvgIpc) is 3.01. The van der Waals surface area contributed by atoms with Crippen LogP contribution >= 0.6 is 0 Å². The number of amides is 1. The molecular formula is C14H17N3O. The van der Waals surface area contributed by atoms with E-state index in [2.05, 4.69) is 11.9 Å². The van der Waals surface area contributed by atoms with Gasteiger partial charge in [0.1, 0.15) is 0 Å². The number of fused-ring (bicyclic) bond motifs is 1. The quantitative estimate of drug-likeness (QED) is 0.811. The Bertz CT molecular complexity index is 617. The number of imidazole rings is 1. The number of hydrogen-bond donors (Lipinski definition) is 0. The molecule has 1 aromatic carbocycles. The van der Waals surface area contributed by atoms with Gasteiger partial charge in [0, 0.05) is 20.0 Å². The highest BCUT2D eigenvalue weighted by Crippen LogP contribution is 2.39. The zero-order chi connectivity index (χ0) is 12.9. The van der Waals surface area contributed by atoms with Gasteiger partial charge >= 0.3 is 0 Å². The fraction of sp³-hybridized carbons (Fsp3) is 0.429. The maximum absolute atomic E-state index is 12.2. The van der Waals surface area contributed by atoms with Crippen molar-refractivity contribution in [1.82, 2.24) is 9.55 Å². The van der Waals surface area contributed by atoms with Gasteiger partial charge in [-0.1, -0.05) is 19.1 Å². The van der Waals surface area contributed by atoms with Gasteiger partial charge in [-0.3, -0.25) is 9.69 Å². The molecule has 0 aliphatic heterocycles. The molecule has 1 aliphatic rings. The Hall–Kier alpha value is -1.84. The van der Waals surface area contributed by atoms with E-state index < -0.39 is 0 Å². The summed E-state index contributed by atoms with van der Waals surface area (Å²) in [6.45, 7) is 2.12. The van der Waals surface area contributed by atoms with Gasteiger partial charge in [-0.05, 0) is 24.5 Å². The molecule has 0 bridgehead atoms. The summed E-state index contributed by atoms with van der Waals surface area (Å²) in [5, 5.41) is 0. The van der Waals surface area contributed by atoms with Crippen molar-refractivity contribution in [2.75, 3.05) is 11.9 Å². The van der Waals surface area contributed by atoms with Crippen LogP contribution in [0.2, 0.25) is 0 Å². The fourth-order valence-electron chi connectivity index (χ4n) is 2.45. The zero-order valence-corrected chi connectivity index (χ0v) is 10.9. The SMILES string of the molecule is C[C@H]1C[C@H]1C(=O)N(C)c1nc2ccccc2n1C. The number of carbonyl (C=O) groups excluding carboxylic acids is 1. The predicted molar refractivity (Wildman–Crippen MR) is 71.4 cm³/mol. The number of aromatic nitrogens is 2. The zero-order valence-electron chi connectivity index (χ0n) is 10.9. The fourth-order valence-corrected chi connectivity index (χ4v) is 2.45. The molecular weight excluding hydrogens is 226 g/mol. The lowest BCUT2D eigenvalue weighted by atomic mass is 10.3. The molecule has 4 nitrogen and oxygen atoms in total. The van der Waals surface area contributed by atoms with Gasteiger partial charge in [0.05, 0.1) is 11.0 Å². The minimum Gasteiger partial charge on any atom is -0.313 e. The second-order valence-corrected chi connectivity index (χ2v) is 5.18. The van der Waals surface area contributed by atoms with E-state index in [1.165, 1.54) is 0 Å². The van der Waals surface area contributed by atoms with E-state index in [0.29, 0.717) is 5.92 Å². The van der Waals surface area contributed by atoms with Gasteiger partial charge < -0.3 is 4.57 Å². The average molecular weight is 243 g/mol. The highest BCUT2D eigenvalue weighted by molar-refractivity contribution is 5.96. The van der Waals surface area contributed by atoms with Gasteiger partial charge in [-0.25, -0.2) is 4.98 Å². The normalized spacial score (nSPS) is 22.2. The van der Waals surface area contributed by atoms with Crippen LogP contribution in [-0.2, 0) is 11.8 Å². The van der Waals surface area contributed by atoms with Crippen LogP contribution in [0.5, 0.6) is 0 Å². The third-order valence-corrected chi connectivity index (χ3v) is 3.82. The Labute approximate surface area is 106 Å². The highest BCUT2D eigenvalue weighted by Gasteiger charge is 2.41. The van der Waals surface area contributed by atoms with E-state index in [1.54, 1.807) is 4.90 Å². The van der Waals surface area contributed by atoms with E-state index >= 15 is 0 Å². The maximum Gasteiger partial charge on any atom is 0.232 e. The van der Waals surface area contributed by atoms with Gasteiger partial charge in [-0.2, -0.15) is 0 Å². The van der Waals surface area contributed by atoms with E-state index in [1.807, 2.05) is 42.9 Å². The van der Waals surface area contributed by atoms with Crippen LogP contribution in [-0.4, -0.2) is 22.5 Å². The van der Waals surface area contributed by atoms with E-state index in [-0.39, 0.29) is 11.8 Å². The maximum atomic E-state index is 12.2. The summed E-state index contributed by atoms with van der Waals surface area (Å²) < 4.78 is 1.97. The van der Waals surface area contributed by atoms with Crippen molar-refractivity contribution in [2.45, 2.75) is 13.3 Å². The standard InChI is InChI=1S/C14H17N3O/c1-9-8-10(9)13(18)17(3)14-15-11-6-4-5-7-12(11)16(14)2/h4-7,9-10H,8H2,1-3H3/t9-,10+/m0/s1. The van der Waals surface area contributed by atoms with Crippen molar-refractivity contribution in [3.05, 3.63) is 24.3 Å². The first-order valence-corrected chi connectivity index (χ1v) is 6.28. The molecule has 1 amide bonds. The largest absolute Gasteiger partial charge is 0.313 e. The van der Waals surface area contributed by atoms with Crippen LogP contribution in [0.1, 0.15) is 13.3 Å².